The molecule has 2 aromatic rings. The molecular weight excluding hydrogens is 474 g/mol. The van der Waals surface area contributed by atoms with Gasteiger partial charge in [-0.05, 0) is 72.2 Å². The highest BCUT2D eigenvalue weighted by Crippen LogP contribution is 2.33. The van der Waals surface area contributed by atoms with Gasteiger partial charge in [0.15, 0.2) is 0 Å². The van der Waals surface area contributed by atoms with Crippen LogP contribution in [0.15, 0.2) is 45.9 Å². The number of amides is 2. The van der Waals surface area contributed by atoms with Gasteiger partial charge in [0, 0.05) is 22.4 Å². The van der Waals surface area contributed by atoms with Gasteiger partial charge in [-0.3, -0.25) is 14.5 Å². The second kappa shape index (κ2) is 8.80. The lowest BCUT2D eigenvalue weighted by Gasteiger charge is -2.25. The van der Waals surface area contributed by atoms with Gasteiger partial charge in [-0.1, -0.05) is 0 Å². The van der Waals surface area contributed by atoms with Crippen LogP contribution >= 0.6 is 15.9 Å². The van der Waals surface area contributed by atoms with Crippen LogP contribution in [0.4, 0.5) is 11.5 Å². The van der Waals surface area contributed by atoms with Crippen molar-refractivity contribution >= 4 is 49.3 Å². The summed E-state index contributed by atoms with van der Waals surface area (Å²) in [5.74, 6) is -0.0369. The number of rotatable bonds is 6. The minimum absolute atomic E-state index is 0.0168. The first kappa shape index (κ1) is 22.3. The molecule has 30 heavy (non-hydrogen) atoms. The van der Waals surface area contributed by atoms with E-state index in [2.05, 4.69) is 26.2 Å². The number of benzene rings is 1. The highest BCUT2D eigenvalue weighted by atomic mass is 79.9. The topological polar surface area (TPSA) is 126 Å². The van der Waals surface area contributed by atoms with Crippen LogP contribution in [-0.2, 0) is 26.0 Å². The van der Waals surface area contributed by atoms with Crippen LogP contribution in [-0.4, -0.2) is 56.3 Å². The zero-order valence-corrected chi connectivity index (χ0v) is 18.9. The number of pyridine rings is 1. The van der Waals surface area contributed by atoms with E-state index in [-0.39, 0.29) is 35.8 Å². The largest absolute Gasteiger partial charge is 0.310 e. The van der Waals surface area contributed by atoms with Crippen molar-refractivity contribution in [1.82, 2.24) is 9.88 Å². The molecule has 0 spiro atoms. The number of aromatic nitrogens is 1. The van der Waals surface area contributed by atoms with Crippen LogP contribution in [0.25, 0.3) is 0 Å². The second-order valence-electron chi connectivity index (χ2n) is 7.23. The molecule has 0 saturated carbocycles. The molecule has 1 aromatic heterocycles. The molecule has 0 saturated heterocycles. The van der Waals surface area contributed by atoms with Crippen molar-refractivity contribution < 1.29 is 18.0 Å². The highest BCUT2D eigenvalue weighted by molar-refractivity contribution is 9.10. The Kier molecular flexibility index (Phi) is 6.56. The smallest absolute Gasteiger partial charge is 0.241 e. The number of anilines is 2. The summed E-state index contributed by atoms with van der Waals surface area (Å²) in [5, 5.41) is 7.88. The normalized spacial score (nSPS) is 15.9. The molecule has 11 heteroatoms. The SMILES string of the molecule is CC1Cc2cc(S(N)(=O)=O)ccc2N1C(=O)CN(C)CC(=O)Nc1ccc(Br)cn1. The minimum Gasteiger partial charge on any atom is -0.310 e. The maximum Gasteiger partial charge on any atom is 0.241 e. The number of sulfonamides is 1. The molecular formula is C19H22BrN5O4S. The molecule has 2 heterocycles. The van der Waals surface area contributed by atoms with Crippen molar-refractivity contribution in [2.24, 2.45) is 5.14 Å². The van der Waals surface area contributed by atoms with Crippen LogP contribution < -0.4 is 15.4 Å². The molecule has 3 rings (SSSR count). The third-order valence-corrected chi connectivity index (χ3v) is 6.06. The average molecular weight is 496 g/mol. The molecule has 160 valence electrons. The molecule has 0 aliphatic carbocycles. The summed E-state index contributed by atoms with van der Waals surface area (Å²) in [5.41, 5.74) is 1.42. The molecule has 1 aromatic carbocycles. The lowest BCUT2D eigenvalue weighted by atomic mass is 10.1. The fraction of sp³-hybridized carbons (Fsp3) is 0.316. The number of primary sulfonamides is 1. The molecule has 0 radical (unpaired) electrons. The van der Waals surface area contributed by atoms with E-state index < -0.39 is 10.0 Å². The van der Waals surface area contributed by atoms with Gasteiger partial charge >= 0.3 is 0 Å². The Morgan fingerprint density at radius 3 is 2.67 bits per heavy atom. The van der Waals surface area contributed by atoms with Gasteiger partial charge in [0.05, 0.1) is 18.0 Å². The van der Waals surface area contributed by atoms with E-state index in [1.165, 1.54) is 12.1 Å². The fourth-order valence-corrected chi connectivity index (χ4v) is 4.20. The molecule has 9 nitrogen and oxygen atoms in total. The third-order valence-electron chi connectivity index (χ3n) is 4.68. The Hall–Kier alpha value is -2.34. The molecule has 0 bridgehead atoms. The number of hydrogen-bond donors (Lipinski definition) is 2. The molecule has 1 aliphatic heterocycles. The number of nitrogens with zero attached hydrogens (tertiary/aromatic N) is 3. The van der Waals surface area contributed by atoms with Crippen LogP contribution in [0.2, 0.25) is 0 Å². The van der Waals surface area contributed by atoms with E-state index in [9.17, 15) is 18.0 Å². The second-order valence-corrected chi connectivity index (χ2v) is 9.71. The lowest BCUT2D eigenvalue weighted by molar-refractivity contribution is -0.121. The van der Waals surface area contributed by atoms with Crippen LogP contribution in [0.5, 0.6) is 0 Å². The first-order valence-corrected chi connectivity index (χ1v) is 11.5. The first-order valence-electron chi connectivity index (χ1n) is 9.12. The summed E-state index contributed by atoms with van der Waals surface area (Å²) < 4.78 is 23.9. The first-order chi connectivity index (χ1) is 14.0. The minimum atomic E-state index is -3.80. The summed E-state index contributed by atoms with van der Waals surface area (Å²) in [6, 6.07) is 7.82. The van der Waals surface area contributed by atoms with Crippen molar-refractivity contribution in [3.63, 3.8) is 0 Å². The van der Waals surface area contributed by atoms with Crippen LogP contribution in [0, 0.1) is 0 Å². The highest BCUT2D eigenvalue weighted by Gasteiger charge is 2.32. The summed E-state index contributed by atoms with van der Waals surface area (Å²) >= 11 is 3.28. The van der Waals surface area contributed by atoms with Crippen molar-refractivity contribution in [2.45, 2.75) is 24.3 Å². The number of carbonyl (C=O) groups is 2. The molecule has 2 amide bonds. The van der Waals surface area contributed by atoms with Crippen LogP contribution in [0.1, 0.15) is 12.5 Å². The van der Waals surface area contributed by atoms with Gasteiger partial charge in [0.2, 0.25) is 21.8 Å². The van der Waals surface area contributed by atoms with Crippen LogP contribution in [0.3, 0.4) is 0 Å². The van der Waals surface area contributed by atoms with E-state index in [0.29, 0.717) is 17.9 Å². The Balaban J connectivity index is 1.63. The Morgan fingerprint density at radius 1 is 1.30 bits per heavy atom. The number of halogens is 1. The summed E-state index contributed by atoms with van der Waals surface area (Å²) in [4.78, 5) is 32.4. The summed E-state index contributed by atoms with van der Waals surface area (Å²) in [6.45, 7) is 1.94. The number of likely N-dealkylation sites (N-methyl/N-ethyl adjacent to an activating group) is 1. The zero-order chi connectivity index (χ0) is 22.1. The standard InChI is InChI=1S/C19H22BrN5O4S/c1-12-7-13-8-15(30(21,28)29)4-5-16(13)25(12)19(27)11-24(2)10-18(26)23-17-6-3-14(20)9-22-17/h3-6,8-9,12H,7,10-11H2,1-2H3,(H2,21,28,29)(H,22,23,26). The third kappa shape index (κ3) is 5.22. The average Bonchev–Trinajstić information content (AvgIpc) is 2.97. The van der Waals surface area contributed by atoms with Gasteiger partial charge in [-0.15, -0.1) is 0 Å². The molecule has 0 fully saturated rings. The fourth-order valence-electron chi connectivity index (χ4n) is 3.40. The lowest BCUT2D eigenvalue weighted by Crippen LogP contribution is -2.43. The van der Waals surface area contributed by atoms with Gasteiger partial charge in [0.25, 0.3) is 0 Å². The van der Waals surface area contributed by atoms with Crippen molar-refractivity contribution in [3.8, 4) is 0 Å². The Bertz CT molecular complexity index is 1070. The zero-order valence-electron chi connectivity index (χ0n) is 16.5. The van der Waals surface area contributed by atoms with Gasteiger partial charge in [0.1, 0.15) is 5.82 Å². The van der Waals surface area contributed by atoms with Gasteiger partial charge in [-0.2, -0.15) is 0 Å². The summed E-state index contributed by atoms with van der Waals surface area (Å²) in [6.07, 6.45) is 2.11. The molecule has 1 atom stereocenters. The van der Waals surface area contributed by atoms with Gasteiger partial charge < -0.3 is 10.2 Å². The number of nitrogens with two attached hydrogens (primary N) is 1. The Labute approximate surface area is 183 Å². The Morgan fingerprint density at radius 2 is 2.03 bits per heavy atom. The number of carbonyl (C=O) groups excluding carboxylic acids is 2. The monoisotopic (exact) mass is 495 g/mol. The maximum absolute atomic E-state index is 12.9. The quantitative estimate of drug-likeness (QED) is 0.622. The van der Waals surface area contributed by atoms with Gasteiger partial charge in [-0.25, -0.2) is 18.5 Å². The van der Waals surface area contributed by atoms with E-state index >= 15 is 0 Å². The predicted octanol–water partition coefficient (Wildman–Crippen LogP) is 1.34. The molecule has 3 N–H and O–H groups in total. The van der Waals surface area contributed by atoms with Crippen molar-refractivity contribution in [2.75, 3.05) is 30.4 Å². The number of hydrogen-bond acceptors (Lipinski definition) is 6. The van der Waals surface area contributed by atoms with E-state index in [0.717, 1.165) is 10.0 Å². The van der Waals surface area contributed by atoms with E-state index in [1.54, 1.807) is 41.2 Å². The predicted molar refractivity (Wildman–Crippen MR) is 117 cm³/mol. The maximum atomic E-state index is 12.9. The molecule has 1 aliphatic rings. The van der Waals surface area contributed by atoms with E-state index in [1.807, 2.05) is 6.92 Å². The van der Waals surface area contributed by atoms with Crippen molar-refractivity contribution in [1.29, 1.82) is 0 Å². The van der Waals surface area contributed by atoms with E-state index in [4.69, 9.17) is 5.14 Å². The number of nitrogens with one attached hydrogen (secondary N) is 1. The molecule has 1 unspecified atom stereocenters. The summed E-state index contributed by atoms with van der Waals surface area (Å²) in [7, 11) is -2.13. The van der Waals surface area contributed by atoms with Crippen molar-refractivity contribution in [3.05, 3.63) is 46.6 Å². The number of fused-ring (bicyclic) bond motifs is 1.